The number of likely N-dealkylation sites (N-methyl/N-ethyl adjacent to an activating group) is 1. The molecule has 0 aromatic heterocycles. The van der Waals surface area contributed by atoms with E-state index in [2.05, 4.69) is 0 Å². The fraction of sp³-hybridized carbons (Fsp3) is 0.839. The topological polar surface area (TPSA) is 135 Å². The van der Waals surface area contributed by atoms with Crippen molar-refractivity contribution in [3.05, 3.63) is 12.2 Å². The summed E-state index contributed by atoms with van der Waals surface area (Å²) >= 11 is 0. The first-order valence-electron chi connectivity index (χ1n) is 15.1. The van der Waals surface area contributed by atoms with E-state index in [4.69, 9.17) is 18.9 Å². The minimum atomic E-state index is -1.15. The lowest BCUT2D eigenvalue weighted by atomic mass is 9.79. The van der Waals surface area contributed by atoms with E-state index in [9.17, 15) is 24.6 Å². The van der Waals surface area contributed by atoms with Crippen LogP contribution in [0.15, 0.2) is 12.2 Å². The van der Waals surface area contributed by atoms with E-state index < -0.39 is 60.0 Å². The van der Waals surface area contributed by atoms with Crippen molar-refractivity contribution >= 4 is 18.0 Å². The van der Waals surface area contributed by atoms with Gasteiger partial charge in [0.1, 0.15) is 24.1 Å². The lowest BCUT2D eigenvalue weighted by molar-refractivity contribution is -0.283. The van der Waals surface area contributed by atoms with Gasteiger partial charge in [-0.25, -0.2) is 0 Å². The van der Waals surface area contributed by atoms with Gasteiger partial charge in [-0.05, 0) is 65.3 Å². The van der Waals surface area contributed by atoms with Crippen LogP contribution in [0.2, 0.25) is 0 Å². The van der Waals surface area contributed by atoms with Crippen molar-refractivity contribution in [3.63, 3.8) is 0 Å². The van der Waals surface area contributed by atoms with Crippen molar-refractivity contribution in [3.8, 4) is 0 Å². The normalized spacial score (nSPS) is 45.5. The quantitative estimate of drug-likeness (QED) is 0.274. The van der Waals surface area contributed by atoms with Gasteiger partial charge < -0.3 is 38.9 Å². The number of allylic oxidation sites excluding steroid dienone is 1. The second-order valence-corrected chi connectivity index (χ2v) is 12.9. The number of aliphatic hydroxyl groups is 2. The molecule has 3 aliphatic heterocycles. The van der Waals surface area contributed by atoms with Gasteiger partial charge in [0.05, 0.1) is 30.8 Å². The predicted molar refractivity (Wildman–Crippen MR) is 152 cm³/mol. The number of hydrogen-bond donors (Lipinski definition) is 2. The number of carbonyl (C=O) groups is 3. The van der Waals surface area contributed by atoms with Crippen molar-refractivity contribution < 1.29 is 43.5 Å². The van der Waals surface area contributed by atoms with Gasteiger partial charge >= 0.3 is 5.97 Å². The van der Waals surface area contributed by atoms with Crippen molar-refractivity contribution in [2.75, 3.05) is 14.1 Å². The molecule has 2 N–H and O–H groups in total. The molecule has 3 heterocycles. The lowest BCUT2D eigenvalue weighted by Crippen LogP contribution is -2.56. The molecule has 0 aromatic rings. The lowest BCUT2D eigenvalue weighted by Gasteiger charge is -2.44. The predicted octanol–water partition coefficient (Wildman–Crippen LogP) is 2.67. The molecular formula is C31H51NO9. The first kappa shape index (κ1) is 33.8. The van der Waals surface area contributed by atoms with Crippen LogP contribution in [0.25, 0.3) is 0 Å². The van der Waals surface area contributed by atoms with Crippen LogP contribution in [0.3, 0.4) is 0 Å². The summed E-state index contributed by atoms with van der Waals surface area (Å²) in [6.07, 6.45) is 0.627. The largest absolute Gasteiger partial charge is 0.462 e. The molecule has 3 rings (SSSR count). The van der Waals surface area contributed by atoms with Crippen LogP contribution in [-0.4, -0.2) is 102 Å². The second kappa shape index (κ2) is 14.2. The monoisotopic (exact) mass is 581 g/mol. The molecule has 234 valence electrons. The molecule has 13 atom stereocenters. The SMILES string of the molecule is CCC1OC(=O)CC(O)C(C)C(O[C@@H]2O[C@H](C)C[C@H](N(C)C)[C@H]2O)C(CC=O)CC(C)C(=O)/C=C\C2(C)OC2C1C. The zero-order chi connectivity index (χ0) is 30.6. The molecule has 0 amide bonds. The van der Waals surface area contributed by atoms with Crippen molar-refractivity contribution in [2.45, 2.75) is 128 Å². The Labute approximate surface area is 244 Å². The van der Waals surface area contributed by atoms with Gasteiger partial charge in [0.2, 0.25) is 0 Å². The van der Waals surface area contributed by atoms with E-state index in [1.54, 1.807) is 19.1 Å². The zero-order valence-electron chi connectivity index (χ0n) is 25.9. The molecule has 10 heteroatoms. The van der Waals surface area contributed by atoms with Gasteiger partial charge in [0.15, 0.2) is 12.1 Å². The minimum absolute atomic E-state index is 0.0707. The Morgan fingerprint density at radius 1 is 1.12 bits per heavy atom. The average Bonchev–Trinajstić information content (AvgIpc) is 3.60. The van der Waals surface area contributed by atoms with Crippen LogP contribution >= 0.6 is 0 Å². The summed E-state index contributed by atoms with van der Waals surface area (Å²) in [6.45, 7) is 11.3. The van der Waals surface area contributed by atoms with Crippen LogP contribution in [0, 0.1) is 23.7 Å². The van der Waals surface area contributed by atoms with Gasteiger partial charge in [0, 0.05) is 30.2 Å². The number of ether oxygens (including phenoxy) is 4. The molecule has 2 fully saturated rings. The molecule has 10 nitrogen and oxygen atoms in total. The Bertz CT molecular complexity index is 941. The number of aldehydes is 1. The van der Waals surface area contributed by atoms with Gasteiger partial charge in [-0.3, -0.25) is 9.59 Å². The summed E-state index contributed by atoms with van der Waals surface area (Å²) in [6, 6.07) is -0.219. The van der Waals surface area contributed by atoms with E-state index in [1.807, 2.05) is 53.6 Å². The Kier molecular flexibility index (Phi) is 11.7. The molecule has 2 saturated heterocycles. The first-order valence-corrected chi connectivity index (χ1v) is 15.1. The summed E-state index contributed by atoms with van der Waals surface area (Å²) < 4.78 is 24.2. The van der Waals surface area contributed by atoms with Crippen LogP contribution in [0.4, 0.5) is 0 Å². The van der Waals surface area contributed by atoms with Crippen molar-refractivity contribution in [2.24, 2.45) is 23.7 Å². The highest BCUT2D eigenvalue weighted by Crippen LogP contribution is 2.45. The number of cyclic esters (lactones) is 1. The van der Waals surface area contributed by atoms with Crippen LogP contribution in [-0.2, 0) is 33.3 Å². The fourth-order valence-electron chi connectivity index (χ4n) is 6.50. The van der Waals surface area contributed by atoms with E-state index in [0.29, 0.717) is 19.3 Å². The number of esters is 1. The number of carbonyl (C=O) groups excluding carboxylic acids is 3. The van der Waals surface area contributed by atoms with E-state index in [1.165, 1.54) is 0 Å². The number of nitrogens with zero attached hydrogens (tertiary/aromatic N) is 1. The highest BCUT2D eigenvalue weighted by Gasteiger charge is 2.55. The average molecular weight is 582 g/mol. The molecule has 0 aliphatic carbocycles. The maximum atomic E-state index is 13.2. The number of fused-ring (bicyclic) bond motifs is 1. The van der Waals surface area contributed by atoms with E-state index >= 15 is 0 Å². The Morgan fingerprint density at radius 2 is 1.80 bits per heavy atom. The summed E-state index contributed by atoms with van der Waals surface area (Å²) in [5.41, 5.74) is -0.637. The number of rotatable bonds is 6. The Balaban J connectivity index is 1.95. The number of aliphatic hydroxyl groups excluding tert-OH is 2. The first-order chi connectivity index (χ1) is 19.2. The Morgan fingerprint density at radius 3 is 2.41 bits per heavy atom. The van der Waals surface area contributed by atoms with Crippen LogP contribution in [0.1, 0.15) is 73.6 Å². The summed E-state index contributed by atoms with van der Waals surface area (Å²) in [7, 11) is 3.76. The van der Waals surface area contributed by atoms with E-state index in [0.717, 1.165) is 6.29 Å². The maximum Gasteiger partial charge on any atom is 0.308 e. The third kappa shape index (κ3) is 8.24. The highest BCUT2D eigenvalue weighted by molar-refractivity contribution is 5.91. The zero-order valence-corrected chi connectivity index (χ0v) is 25.9. The van der Waals surface area contributed by atoms with Crippen molar-refractivity contribution in [1.29, 1.82) is 0 Å². The van der Waals surface area contributed by atoms with Gasteiger partial charge in [-0.2, -0.15) is 0 Å². The van der Waals surface area contributed by atoms with Gasteiger partial charge in [-0.15, -0.1) is 0 Å². The molecule has 0 saturated carbocycles. The summed E-state index contributed by atoms with van der Waals surface area (Å²) in [5, 5.41) is 22.4. The maximum absolute atomic E-state index is 13.2. The standard InChI is InChI=1S/C31H51NO9/c1-9-25-20(5)29-31(6,41-29)12-10-23(34)17(2)14-21(11-13-33)28(19(4)24(35)16-26(36)39-25)40-30-27(37)22(32(7)8)15-18(3)38-30/h10,12-13,17-22,24-25,27-30,35,37H,9,11,14-16H2,1-8H3/b12-10-/t17?,18-,19?,20?,21?,22+,24?,25?,27-,28?,29?,30+,31?/m1/s1. The van der Waals surface area contributed by atoms with Crippen LogP contribution < -0.4 is 0 Å². The van der Waals surface area contributed by atoms with Gasteiger partial charge in [0.25, 0.3) is 0 Å². The van der Waals surface area contributed by atoms with E-state index in [-0.39, 0.29) is 42.8 Å². The molecule has 41 heavy (non-hydrogen) atoms. The third-order valence-corrected chi connectivity index (χ3v) is 9.29. The number of hydrogen-bond acceptors (Lipinski definition) is 10. The Hall–Kier alpha value is -1.69. The van der Waals surface area contributed by atoms with Crippen LogP contribution in [0.5, 0.6) is 0 Å². The summed E-state index contributed by atoms with van der Waals surface area (Å²) in [5.74, 6) is -2.32. The molecular weight excluding hydrogens is 530 g/mol. The van der Waals surface area contributed by atoms with Gasteiger partial charge in [-0.1, -0.05) is 27.7 Å². The third-order valence-electron chi connectivity index (χ3n) is 9.29. The minimum Gasteiger partial charge on any atom is -0.462 e. The second-order valence-electron chi connectivity index (χ2n) is 12.9. The molecule has 9 unspecified atom stereocenters. The summed E-state index contributed by atoms with van der Waals surface area (Å²) in [4.78, 5) is 40.0. The molecule has 0 spiro atoms. The number of epoxide rings is 1. The van der Waals surface area contributed by atoms with Crippen molar-refractivity contribution in [1.82, 2.24) is 4.90 Å². The fourth-order valence-corrected chi connectivity index (χ4v) is 6.50. The highest BCUT2D eigenvalue weighted by atomic mass is 16.7. The molecule has 0 aromatic carbocycles. The number of ketones is 1. The molecule has 0 radical (unpaired) electrons. The smallest absolute Gasteiger partial charge is 0.308 e. The molecule has 3 aliphatic rings. The molecule has 0 bridgehead atoms.